The highest BCUT2D eigenvalue weighted by Gasteiger charge is 2.07. The molecule has 0 heterocycles. The van der Waals surface area contributed by atoms with Gasteiger partial charge in [0.25, 0.3) is 0 Å². The van der Waals surface area contributed by atoms with Crippen LogP contribution >= 0.6 is 11.6 Å². The van der Waals surface area contributed by atoms with E-state index in [-0.39, 0.29) is 11.4 Å². The zero-order valence-corrected chi connectivity index (χ0v) is 9.93. The van der Waals surface area contributed by atoms with E-state index in [4.69, 9.17) is 16.7 Å². The van der Waals surface area contributed by atoms with Crippen molar-refractivity contribution in [1.82, 2.24) is 0 Å². The Balaban J connectivity index is 2.66. The van der Waals surface area contributed by atoms with Crippen LogP contribution in [0.15, 0.2) is 29.2 Å². The summed E-state index contributed by atoms with van der Waals surface area (Å²) >= 11 is 5.57. The largest absolute Gasteiger partial charge is 0.383 e. The van der Waals surface area contributed by atoms with Gasteiger partial charge in [0, 0.05) is 12.2 Å². The minimum Gasteiger partial charge on any atom is -0.383 e. The lowest BCUT2D eigenvalue weighted by atomic mass is 10.3. The van der Waals surface area contributed by atoms with Gasteiger partial charge in [-0.15, -0.1) is 11.6 Å². The molecule has 1 aromatic carbocycles. The summed E-state index contributed by atoms with van der Waals surface area (Å²) in [6.45, 7) is -0.351. The maximum absolute atomic E-state index is 12.0. The monoisotopic (exact) mass is 266 g/mol. The van der Waals surface area contributed by atoms with E-state index in [1.165, 1.54) is 12.1 Å². The number of primary sulfonamides is 1. The molecule has 1 aromatic rings. The van der Waals surface area contributed by atoms with Crippen molar-refractivity contribution in [2.24, 2.45) is 5.14 Å². The molecule has 0 saturated carbocycles. The Labute approximate surface area is 98.6 Å². The summed E-state index contributed by atoms with van der Waals surface area (Å²) < 4.78 is 33.9. The van der Waals surface area contributed by atoms with E-state index in [1.54, 1.807) is 12.1 Å². The fourth-order valence-corrected chi connectivity index (χ4v) is 1.64. The number of benzene rings is 1. The van der Waals surface area contributed by atoms with Gasteiger partial charge < -0.3 is 5.32 Å². The second kappa shape index (κ2) is 5.47. The molecule has 3 N–H and O–H groups in total. The van der Waals surface area contributed by atoms with E-state index in [0.717, 1.165) is 0 Å². The highest BCUT2D eigenvalue weighted by Crippen LogP contribution is 2.13. The Hall–Kier alpha value is -0.850. The average Bonchev–Trinajstić information content (AvgIpc) is 2.25. The molecule has 1 atom stereocenters. The lowest BCUT2D eigenvalue weighted by Crippen LogP contribution is -2.16. The van der Waals surface area contributed by atoms with Crippen LogP contribution in [0.4, 0.5) is 10.1 Å². The highest BCUT2D eigenvalue weighted by molar-refractivity contribution is 7.89. The normalized spacial score (nSPS) is 13.4. The summed E-state index contributed by atoms with van der Waals surface area (Å²) in [5.41, 5.74) is 0.659. The van der Waals surface area contributed by atoms with Gasteiger partial charge in [-0.1, -0.05) is 0 Å². The molecular weight excluding hydrogens is 255 g/mol. The van der Waals surface area contributed by atoms with Gasteiger partial charge in [-0.05, 0) is 24.3 Å². The molecule has 0 aliphatic heterocycles. The Morgan fingerprint density at radius 1 is 1.38 bits per heavy atom. The van der Waals surface area contributed by atoms with Crippen LogP contribution in [0.1, 0.15) is 0 Å². The van der Waals surface area contributed by atoms with Crippen molar-refractivity contribution in [2.45, 2.75) is 10.3 Å². The third kappa shape index (κ3) is 3.96. The van der Waals surface area contributed by atoms with E-state index < -0.39 is 22.1 Å². The summed E-state index contributed by atoms with van der Waals surface area (Å²) in [4.78, 5) is 0.0333. The Bertz CT molecular complexity index is 435. The second-order valence-electron chi connectivity index (χ2n) is 3.20. The first kappa shape index (κ1) is 13.2. The third-order valence-electron chi connectivity index (χ3n) is 1.88. The molecule has 0 aromatic heterocycles. The second-order valence-corrected chi connectivity index (χ2v) is 5.38. The van der Waals surface area contributed by atoms with E-state index in [9.17, 15) is 12.8 Å². The first-order valence-electron chi connectivity index (χ1n) is 4.50. The Morgan fingerprint density at radius 2 is 1.94 bits per heavy atom. The first-order valence-corrected chi connectivity index (χ1v) is 6.48. The fraction of sp³-hybridized carbons (Fsp3) is 0.333. The van der Waals surface area contributed by atoms with E-state index in [2.05, 4.69) is 5.32 Å². The predicted octanol–water partition coefficient (Wildman–Crippen LogP) is 1.32. The summed E-state index contributed by atoms with van der Waals surface area (Å²) in [6.07, 6.45) is 0. The highest BCUT2D eigenvalue weighted by atomic mass is 35.5. The number of anilines is 1. The molecule has 0 fully saturated rings. The van der Waals surface area contributed by atoms with Gasteiger partial charge in [0.2, 0.25) is 10.0 Å². The minimum atomic E-state index is -3.67. The SMILES string of the molecule is NS(=O)(=O)c1ccc(NCC(Cl)CF)cc1. The van der Waals surface area contributed by atoms with E-state index in [0.29, 0.717) is 5.69 Å². The van der Waals surface area contributed by atoms with Gasteiger partial charge in [-0.25, -0.2) is 17.9 Å². The molecule has 0 bridgehead atoms. The number of hydrogen-bond donors (Lipinski definition) is 2. The van der Waals surface area contributed by atoms with E-state index in [1.807, 2.05) is 0 Å². The number of hydrogen-bond acceptors (Lipinski definition) is 3. The van der Waals surface area contributed by atoms with Crippen molar-refractivity contribution in [3.05, 3.63) is 24.3 Å². The minimum absolute atomic E-state index is 0.0333. The van der Waals surface area contributed by atoms with Crippen LogP contribution in [-0.2, 0) is 10.0 Å². The van der Waals surface area contributed by atoms with Crippen molar-refractivity contribution in [2.75, 3.05) is 18.5 Å². The topological polar surface area (TPSA) is 72.2 Å². The van der Waals surface area contributed by atoms with Crippen molar-refractivity contribution < 1.29 is 12.8 Å². The van der Waals surface area contributed by atoms with Gasteiger partial charge in [0.15, 0.2) is 0 Å². The summed E-state index contributed by atoms with van der Waals surface area (Å²) in [5, 5.41) is 7.20. The zero-order chi connectivity index (χ0) is 12.2. The number of alkyl halides is 2. The summed E-state index contributed by atoms with van der Waals surface area (Å²) in [7, 11) is -3.67. The van der Waals surface area contributed by atoms with Crippen LogP contribution in [0.3, 0.4) is 0 Å². The molecule has 0 aliphatic carbocycles. The smallest absolute Gasteiger partial charge is 0.238 e. The number of nitrogens with one attached hydrogen (secondary N) is 1. The van der Waals surface area contributed by atoms with Crippen LogP contribution in [0.2, 0.25) is 0 Å². The maximum atomic E-state index is 12.0. The lowest BCUT2D eigenvalue weighted by molar-refractivity contribution is 0.485. The zero-order valence-electron chi connectivity index (χ0n) is 8.36. The van der Waals surface area contributed by atoms with E-state index >= 15 is 0 Å². The van der Waals surface area contributed by atoms with Gasteiger partial charge in [-0.2, -0.15) is 0 Å². The van der Waals surface area contributed by atoms with Crippen LogP contribution < -0.4 is 10.5 Å². The maximum Gasteiger partial charge on any atom is 0.238 e. The van der Waals surface area contributed by atoms with Gasteiger partial charge in [0.05, 0.1) is 10.3 Å². The van der Waals surface area contributed by atoms with Crippen molar-refractivity contribution in [3.8, 4) is 0 Å². The molecule has 4 nitrogen and oxygen atoms in total. The molecular formula is C9H12ClFN2O2S. The van der Waals surface area contributed by atoms with Crippen LogP contribution in [0, 0.1) is 0 Å². The number of sulfonamides is 1. The van der Waals surface area contributed by atoms with Crippen LogP contribution in [0.25, 0.3) is 0 Å². The van der Waals surface area contributed by atoms with Gasteiger partial charge >= 0.3 is 0 Å². The predicted molar refractivity (Wildman–Crippen MR) is 61.9 cm³/mol. The molecule has 16 heavy (non-hydrogen) atoms. The Morgan fingerprint density at radius 3 is 2.38 bits per heavy atom. The van der Waals surface area contributed by atoms with Crippen molar-refractivity contribution in [3.63, 3.8) is 0 Å². The van der Waals surface area contributed by atoms with Crippen LogP contribution in [-0.4, -0.2) is 27.0 Å². The first-order chi connectivity index (χ1) is 7.43. The van der Waals surface area contributed by atoms with Crippen molar-refractivity contribution >= 4 is 27.3 Å². The molecule has 0 aliphatic rings. The standard InChI is InChI=1S/C9H12ClFN2O2S/c10-7(5-11)6-13-8-1-3-9(4-2-8)16(12,14)15/h1-4,7,13H,5-6H2,(H2,12,14,15). The molecule has 0 amide bonds. The van der Waals surface area contributed by atoms with Gasteiger partial charge in [-0.3, -0.25) is 0 Å². The fourth-order valence-electron chi connectivity index (χ4n) is 1.05. The quantitative estimate of drug-likeness (QED) is 0.790. The summed E-state index contributed by atoms with van der Waals surface area (Å²) in [6, 6.07) is 5.83. The molecule has 7 heteroatoms. The molecule has 0 radical (unpaired) electrons. The molecule has 1 unspecified atom stereocenters. The molecule has 1 rings (SSSR count). The van der Waals surface area contributed by atoms with Gasteiger partial charge in [0.1, 0.15) is 6.67 Å². The number of nitrogens with two attached hydrogens (primary N) is 1. The number of rotatable bonds is 5. The molecule has 0 spiro atoms. The average molecular weight is 267 g/mol. The van der Waals surface area contributed by atoms with Crippen molar-refractivity contribution in [1.29, 1.82) is 0 Å². The molecule has 0 saturated heterocycles. The molecule has 90 valence electrons. The number of halogens is 2. The summed E-state index contributed by atoms with van der Waals surface area (Å²) in [5.74, 6) is 0. The third-order valence-corrected chi connectivity index (χ3v) is 3.08. The van der Waals surface area contributed by atoms with Crippen LogP contribution in [0.5, 0.6) is 0 Å². The Kier molecular flexibility index (Phi) is 4.52. The lowest BCUT2D eigenvalue weighted by Gasteiger charge is -2.08.